The lowest BCUT2D eigenvalue weighted by Gasteiger charge is -2.29. The summed E-state index contributed by atoms with van der Waals surface area (Å²) in [6.07, 6.45) is 0.654. The molecule has 0 bridgehead atoms. The van der Waals surface area contributed by atoms with Gasteiger partial charge in [-0.1, -0.05) is 59.7 Å². The molecule has 0 saturated heterocycles. The molecule has 26 heavy (non-hydrogen) atoms. The first-order valence-electron chi connectivity index (χ1n) is 9.08. The second-order valence-corrected chi connectivity index (χ2v) is 8.30. The lowest BCUT2D eigenvalue weighted by atomic mass is 9.97. The van der Waals surface area contributed by atoms with Crippen LogP contribution in [0.25, 0.3) is 0 Å². The lowest BCUT2D eigenvalue weighted by Crippen LogP contribution is -2.36. The average Bonchev–Trinajstić information content (AvgIpc) is 2.50. The van der Waals surface area contributed by atoms with E-state index in [1.165, 1.54) is 11.1 Å². The molecule has 2 rings (SSSR count). The number of hydrogen-bond donors (Lipinski definition) is 0. The molecule has 2 aromatic carbocycles. The number of carbonyl (C=O) groups is 1. The maximum Gasteiger partial charge on any atom is 0.509 e. The molecule has 0 aliphatic carbocycles. The third-order valence-electron chi connectivity index (χ3n) is 4.22. The molecule has 0 aliphatic heterocycles. The Morgan fingerprint density at radius 2 is 1.00 bits per heavy atom. The average molecular weight is 354 g/mol. The fraction of sp³-hybridized carbons (Fsp3) is 0.435. The molecule has 0 unspecified atom stereocenters. The molecular weight excluding hydrogens is 324 g/mol. The molecule has 0 aliphatic rings. The van der Waals surface area contributed by atoms with Gasteiger partial charge in [-0.05, 0) is 52.7 Å². The van der Waals surface area contributed by atoms with Crippen LogP contribution in [-0.2, 0) is 22.3 Å². The number of rotatable bonds is 6. The molecule has 140 valence electrons. The molecule has 0 saturated carbocycles. The van der Waals surface area contributed by atoms with Gasteiger partial charge in [0, 0.05) is 12.8 Å². The third-order valence-corrected chi connectivity index (χ3v) is 4.22. The van der Waals surface area contributed by atoms with Gasteiger partial charge in [0.05, 0.1) is 0 Å². The first-order valence-corrected chi connectivity index (χ1v) is 9.08. The molecule has 0 fully saturated rings. The molecule has 0 atom stereocenters. The van der Waals surface area contributed by atoms with Gasteiger partial charge in [0.2, 0.25) is 0 Å². The monoisotopic (exact) mass is 354 g/mol. The van der Waals surface area contributed by atoms with Crippen molar-refractivity contribution < 1.29 is 14.3 Å². The van der Waals surface area contributed by atoms with E-state index in [-0.39, 0.29) is 0 Å². The fourth-order valence-corrected chi connectivity index (χ4v) is 2.94. The summed E-state index contributed by atoms with van der Waals surface area (Å²) in [4.78, 5) is 12.3. The van der Waals surface area contributed by atoms with Crippen molar-refractivity contribution in [2.24, 2.45) is 0 Å². The van der Waals surface area contributed by atoms with E-state index in [1.54, 1.807) is 0 Å². The largest absolute Gasteiger partial charge is 0.509 e. The Labute approximate surface area is 157 Å². The van der Waals surface area contributed by atoms with E-state index in [1.807, 2.05) is 27.7 Å². The summed E-state index contributed by atoms with van der Waals surface area (Å²) >= 11 is 0. The van der Waals surface area contributed by atoms with Crippen LogP contribution in [0.4, 0.5) is 4.79 Å². The van der Waals surface area contributed by atoms with Crippen LogP contribution >= 0.6 is 0 Å². The summed E-state index contributed by atoms with van der Waals surface area (Å²) in [7, 11) is 0. The van der Waals surface area contributed by atoms with Gasteiger partial charge in [0.15, 0.2) is 0 Å². The summed E-state index contributed by atoms with van der Waals surface area (Å²) in [6.45, 7) is 11.7. The van der Waals surface area contributed by atoms with Gasteiger partial charge in [-0.3, -0.25) is 0 Å². The van der Waals surface area contributed by atoms with Gasteiger partial charge in [-0.25, -0.2) is 4.79 Å². The molecule has 0 radical (unpaired) electrons. The Bertz CT molecular complexity index is 662. The van der Waals surface area contributed by atoms with E-state index >= 15 is 0 Å². The zero-order valence-corrected chi connectivity index (χ0v) is 16.8. The predicted molar refractivity (Wildman–Crippen MR) is 105 cm³/mol. The highest BCUT2D eigenvalue weighted by Crippen LogP contribution is 2.22. The first-order chi connectivity index (χ1) is 12.0. The molecule has 0 heterocycles. The minimum atomic E-state index is -0.633. The van der Waals surface area contributed by atoms with Gasteiger partial charge >= 0.3 is 6.16 Å². The molecule has 0 aromatic heterocycles. The minimum Gasteiger partial charge on any atom is -0.428 e. The van der Waals surface area contributed by atoms with Crippen LogP contribution in [0.2, 0.25) is 0 Å². The summed E-state index contributed by atoms with van der Waals surface area (Å²) < 4.78 is 11.2. The maximum absolute atomic E-state index is 12.3. The minimum absolute atomic E-state index is 0.626. The lowest BCUT2D eigenvalue weighted by molar-refractivity contribution is -0.0582. The number of hydrogen-bond acceptors (Lipinski definition) is 3. The number of carbonyl (C=O) groups excluding carboxylic acids is 1. The van der Waals surface area contributed by atoms with Crippen LogP contribution in [0, 0.1) is 13.8 Å². The number of ether oxygens (including phenoxy) is 2. The number of aryl methyl sites for hydroxylation is 2. The van der Waals surface area contributed by atoms with E-state index < -0.39 is 17.4 Å². The zero-order valence-electron chi connectivity index (χ0n) is 16.8. The van der Waals surface area contributed by atoms with Gasteiger partial charge in [-0.2, -0.15) is 0 Å². The van der Waals surface area contributed by atoms with Crippen LogP contribution in [0.3, 0.4) is 0 Å². The number of benzene rings is 2. The maximum atomic E-state index is 12.3. The van der Waals surface area contributed by atoms with E-state index in [2.05, 4.69) is 62.4 Å². The van der Waals surface area contributed by atoms with Gasteiger partial charge in [0.1, 0.15) is 11.2 Å². The van der Waals surface area contributed by atoms with Crippen LogP contribution in [-0.4, -0.2) is 17.4 Å². The van der Waals surface area contributed by atoms with Crippen molar-refractivity contribution in [1.82, 2.24) is 0 Å². The molecule has 0 spiro atoms. The highest BCUT2D eigenvalue weighted by molar-refractivity contribution is 5.61. The third kappa shape index (κ3) is 6.55. The SMILES string of the molecule is Cc1ccc(CC(C)(C)OC(=O)OC(C)(C)Cc2ccc(C)cc2)cc1. The van der Waals surface area contributed by atoms with E-state index in [0.29, 0.717) is 12.8 Å². The molecular formula is C23H30O3. The van der Waals surface area contributed by atoms with Crippen LogP contribution in [0.15, 0.2) is 48.5 Å². The van der Waals surface area contributed by atoms with Crippen molar-refractivity contribution >= 4 is 6.16 Å². The van der Waals surface area contributed by atoms with Crippen LogP contribution in [0.5, 0.6) is 0 Å². The fourth-order valence-electron chi connectivity index (χ4n) is 2.94. The smallest absolute Gasteiger partial charge is 0.428 e. The molecule has 3 heteroatoms. The Morgan fingerprint density at radius 3 is 1.31 bits per heavy atom. The van der Waals surface area contributed by atoms with Crippen molar-refractivity contribution in [3.8, 4) is 0 Å². The Kier molecular flexibility index (Phi) is 6.12. The molecule has 0 amide bonds. The Hall–Kier alpha value is -2.29. The summed E-state index contributed by atoms with van der Waals surface area (Å²) in [5.41, 5.74) is 3.42. The topological polar surface area (TPSA) is 35.5 Å². The summed E-state index contributed by atoms with van der Waals surface area (Å²) in [6, 6.07) is 16.5. The van der Waals surface area contributed by atoms with Crippen LogP contribution < -0.4 is 0 Å². The first kappa shape index (κ1) is 20.0. The Morgan fingerprint density at radius 1 is 0.692 bits per heavy atom. The molecule has 2 aromatic rings. The van der Waals surface area contributed by atoms with Crippen molar-refractivity contribution in [3.05, 3.63) is 70.8 Å². The zero-order chi connectivity index (χ0) is 19.4. The summed E-state index contributed by atoms with van der Waals surface area (Å²) in [5.74, 6) is 0. The predicted octanol–water partition coefficient (Wildman–Crippen LogP) is 5.80. The van der Waals surface area contributed by atoms with E-state index in [9.17, 15) is 4.79 Å². The highest BCUT2D eigenvalue weighted by Gasteiger charge is 2.29. The second kappa shape index (κ2) is 7.94. The van der Waals surface area contributed by atoms with Gasteiger partial charge in [-0.15, -0.1) is 0 Å². The van der Waals surface area contributed by atoms with E-state index in [0.717, 1.165) is 11.1 Å². The molecule has 3 nitrogen and oxygen atoms in total. The summed E-state index contributed by atoms with van der Waals surface area (Å²) in [5, 5.41) is 0. The molecule has 0 N–H and O–H groups in total. The van der Waals surface area contributed by atoms with Gasteiger partial charge < -0.3 is 9.47 Å². The van der Waals surface area contributed by atoms with E-state index in [4.69, 9.17) is 9.47 Å². The second-order valence-electron chi connectivity index (χ2n) is 8.30. The quantitative estimate of drug-likeness (QED) is 0.615. The normalized spacial score (nSPS) is 11.9. The van der Waals surface area contributed by atoms with Gasteiger partial charge in [0.25, 0.3) is 0 Å². The van der Waals surface area contributed by atoms with Crippen molar-refractivity contribution in [2.45, 2.75) is 65.6 Å². The van der Waals surface area contributed by atoms with Crippen molar-refractivity contribution in [1.29, 1.82) is 0 Å². The Balaban J connectivity index is 1.92. The standard InChI is InChI=1S/C23H30O3/c1-17-7-11-19(12-8-17)15-22(3,4)25-21(24)26-23(5,6)16-20-13-9-18(2)10-14-20/h7-14H,15-16H2,1-6H3. The van der Waals surface area contributed by atoms with Crippen molar-refractivity contribution in [2.75, 3.05) is 0 Å². The highest BCUT2D eigenvalue weighted by atomic mass is 16.7. The van der Waals surface area contributed by atoms with Crippen molar-refractivity contribution in [3.63, 3.8) is 0 Å². The van der Waals surface area contributed by atoms with Crippen LogP contribution in [0.1, 0.15) is 49.9 Å².